The Hall–Kier alpha value is -0.980. The minimum Gasteiger partial charge on any atom is -0.367 e. The summed E-state index contributed by atoms with van der Waals surface area (Å²) in [7, 11) is 0. The van der Waals surface area contributed by atoms with E-state index in [2.05, 4.69) is 15.0 Å². The molecule has 0 saturated carbocycles. The number of hydrogen-bond acceptors (Lipinski definition) is 6. The van der Waals surface area contributed by atoms with E-state index >= 15 is 0 Å². The van der Waals surface area contributed by atoms with Gasteiger partial charge in [0.2, 0.25) is 5.82 Å². The second-order valence-electron chi connectivity index (χ2n) is 3.51. The molecule has 14 heavy (non-hydrogen) atoms. The maximum atomic E-state index is 5.56. The molecule has 1 aliphatic heterocycles. The highest BCUT2D eigenvalue weighted by atomic mass is 16.6. The van der Waals surface area contributed by atoms with Crippen LogP contribution in [0.15, 0.2) is 4.52 Å². The zero-order valence-corrected chi connectivity index (χ0v) is 8.02. The first-order valence-electron chi connectivity index (χ1n) is 4.53. The first-order valence-corrected chi connectivity index (χ1v) is 4.53. The van der Waals surface area contributed by atoms with Crippen molar-refractivity contribution in [2.45, 2.75) is 32.0 Å². The Kier molecular flexibility index (Phi) is 2.49. The van der Waals surface area contributed by atoms with Crippen LogP contribution in [0, 0.1) is 0 Å². The van der Waals surface area contributed by atoms with Gasteiger partial charge in [-0.2, -0.15) is 4.98 Å². The fourth-order valence-corrected chi connectivity index (χ4v) is 1.56. The molecule has 0 aliphatic carbocycles. The predicted molar refractivity (Wildman–Crippen MR) is 45.8 cm³/mol. The molecule has 1 saturated heterocycles. The number of rotatable bonds is 3. The largest absolute Gasteiger partial charge is 0.367 e. The molecule has 2 rings (SSSR count). The van der Waals surface area contributed by atoms with Crippen molar-refractivity contribution in [2.24, 2.45) is 5.90 Å². The Morgan fingerprint density at radius 3 is 3.14 bits per heavy atom. The van der Waals surface area contributed by atoms with Crippen LogP contribution in [0.3, 0.4) is 0 Å². The molecule has 1 aliphatic rings. The second-order valence-corrected chi connectivity index (χ2v) is 3.51. The Bertz CT molecular complexity index is 307. The van der Waals surface area contributed by atoms with E-state index in [0.717, 1.165) is 19.4 Å². The van der Waals surface area contributed by atoms with Crippen molar-refractivity contribution in [2.75, 3.05) is 6.61 Å². The fourth-order valence-electron chi connectivity index (χ4n) is 1.56. The van der Waals surface area contributed by atoms with Crippen LogP contribution in [-0.2, 0) is 21.8 Å². The average Bonchev–Trinajstić information content (AvgIpc) is 2.75. The van der Waals surface area contributed by atoms with Gasteiger partial charge in [0.15, 0.2) is 0 Å². The van der Waals surface area contributed by atoms with Crippen molar-refractivity contribution in [3.8, 4) is 0 Å². The molecule has 0 spiro atoms. The fraction of sp³-hybridized carbons (Fsp3) is 0.750. The van der Waals surface area contributed by atoms with E-state index in [1.165, 1.54) is 0 Å². The van der Waals surface area contributed by atoms with E-state index in [-0.39, 0.29) is 6.61 Å². The SMILES string of the molecule is CC1(c2noc(CON)n2)CCCO1. The molecule has 1 aromatic rings. The van der Waals surface area contributed by atoms with E-state index in [1.807, 2.05) is 6.92 Å². The molecule has 1 unspecified atom stereocenters. The van der Waals surface area contributed by atoms with Crippen LogP contribution in [0.25, 0.3) is 0 Å². The summed E-state index contributed by atoms with van der Waals surface area (Å²) in [5.74, 6) is 5.84. The highest BCUT2D eigenvalue weighted by molar-refractivity contribution is 5.01. The van der Waals surface area contributed by atoms with E-state index in [9.17, 15) is 0 Å². The summed E-state index contributed by atoms with van der Waals surface area (Å²) in [4.78, 5) is 8.55. The molecule has 1 atom stereocenters. The maximum Gasteiger partial charge on any atom is 0.254 e. The molecule has 1 fully saturated rings. The van der Waals surface area contributed by atoms with Crippen LogP contribution in [0.1, 0.15) is 31.5 Å². The Morgan fingerprint density at radius 2 is 2.50 bits per heavy atom. The van der Waals surface area contributed by atoms with E-state index in [0.29, 0.717) is 11.7 Å². The highest BCUT2D eigenvalue weighted by Crippen LogP contribution is 2.33. The zero-order valence-electron chi connectivity index (χ0n) is 8.02. The number of aromatic nitrogens is 2. The van der Waals surface area contributed by atoms with Gasteiger partial charge >= 0.3 is 0 Å². The molecule has 0 bridgehead atoms. The molecule has 0 aromatic carbocycles. The van der Waals surface area contributed by atoms with Gasteiger partial charge in [0, 0.05) is 6.61 Å². The normalized spacial score (nSPS) is 27.0. The smallest absolute Gasteiger partial charge is 0.254 e. The van der Waals surface area contributed by atoms with Crippen LogP contribution in [0.2, 0.25) is 0 Å². The summed E-state index contributed by atoms with van der Waals surface area (Å²) in [6.45, 7) is 2.83. The summed E-state index contributed by atoms with van der Waals surface area (Å²) in [6.07, 6.45) is 1.93. The zero-order chi connectivity index (χ0) is 10.0. The van der Waals surface area contributed by atoms with Gasteiger partial charge in [0.1, 0.15) is 12.2 Å². The molecular formula is C8H13N3O3. The van der Waals surface area contributed by atoms with Crippen LogP contribution in [0.4, 0.5) is 0 Å². The third-order valence-corrected chi connectivity index (χ3v) is 2.37. The maximum absolute atomic E-state index is 5.56. The van der Waals surface area contributed by atoms with E-state index in [1.54, 1.807) is 0 Å². The molecule has 78 valence electrons. The number of ether oxygens (including phenoxy) is 1. The van der Waals surface area contributed by atoms with Crippen molar-refractivity contribution in [1.82, 2.24) is 10.1 Å². The van der Waals surface area contributed by atoms with E-state index < -0.39 is 5.60 Å². The van der Waals surface area contributed by atoms with Crippen molar-refractivity contribution in [3.63, 3.8) is 0 Å². The van der Waals surface area contributed by atoms with Gasteiger partial charge in [0.25, 0.3) is 5.89 Å². The lowest BCUT2D eigenvalue weighted by atomic mass is 10.0. The Morgan fingerprint density at radius 1 is 1.64 bits per heavy atom. The van der Waals surface area contributed by atoms with Gasteiger partial charge in [-0.25, -0.2) is 5.90 Å². The lowest BCUT2D eigenvalue weighted by Crippen LogP contribution is -2.21. The minimum absolute atomic E-state index is 0.128. The minimum atomic E-state index is -0.406. The van der Waals surface area contributed by atoms with Gasteiger partial charge in [-0.05, 0) is 19.8 Å². The summed E-state index contributed by atoms with van der Waals surface area (Å²) >= 11 is 0. The monoisotopic (exact) mass is 199 g/mol. The standard InChI is InChI=1S/C8H13N3O3/c1-8(3-2-4-12-8)7-10-6(5-13-9)14-11-7/h2-5,9H2,1H3. The summed E-state index contributed by atoms with van der Waals surface area (Å²) in [5.41, 5.74) is -0.406. The van der Waals surface area contributed by atoms with Crippen LogP contribution in [0.5, 0.6) is 0 Å². The third-order valence-electron chi connectivity index (χ3n) is 2.37. The average molecular weight is 199 g/mol. The number of nitrogens with two attached hydrogens (primary N) is 1. The number of hydrogen-bond donors (Lipinski definition) is 1. The van der Waals surface area contributed by atoms with Crippen molar-refractivity contribution >= 4 is 0 Å². The first kappa shape index (κ1) is 9.57. The molecule has 6 nitrogen and oxygen atoms in total. The second kappa shape index (κ2) is 3.64. The Balaban J connectivity index is 2.15. The van der Waals surface area contributed by atoms with Crippen LogP contribution >= 0.6 is 0 Å². The van der Waals surface area contributed by atoms with Crippen molar-refractivity contribution < 1.29 is 14.1 Å². The lowest BCUT2D eigenvalue weighted by Gasteiger charge is -2.17. The van der Waals surface area contributed by atoms with Crippen LogP contribution in [-0.4, -0.2) is 16.7 Å². The molecule has 6 heteroatoms. The predicted octanol–water partition coefficient (Wildman–Crippen LogP) is 0.485. The molecule has 0 amide bonds. The molecule has 2 N–H and O–H groups in total. The van der Waals surface area contributed by atoms with Crippen LogP contribution < -0.4 is 5.90 Å². The third kappa shape index (κ3) is 1.63. The van der Waals surface area contributed by atoms with E-state index in [4.69, 9.17) is 15.2 Å². The topological polar surface area (TPSA) is 83.4 Å². The van der Waals surface area contributed by atoms with Gasteiger partial charge in [0.05, 0.1) is 0 Å². The first-order chi connectivity index (χ1) is 6.74. The Labute approximate surface area is 81.3 Å². The van der Waals surface area contributed by atoms with Crippen molar-refractivity contribution in [3.05, 3.63) is 11.7 Å². The molecule has 2 heterocycles. The van der Waals surface area contributed by atoms with Gasteiger partial charge in [-0.1, -0.05) is 5.16 Å². The number of nitrogens with zero attached hydrogens (tertiary/aromatic N) is 2. The lowest BCUT2D eigenvalue weighted by molar-refractivity contribution is 0.00768. The van der Waals surface area contributed by atoms with Gasteiger partial charge in [-0.3, -0.25) is 4.84 Å². The summed E-state index contributed by atoms with van der Waals surface area (Å²) < 4.78 is 10.5. The van der Waals surface area contributed by atoms with Gasteiger partial charge in [-0.15, -0.1) is 0 Å². The van der Waals surface area contributed by atoms with Crippen molar-refractivity contribution in [1.29, 1.82) is 0 Å². The quantitative estimate of drug-likeness (QED) is 0.713. The molecule has 1 aromatic heterocycles. The summed E-state index contributed by atoms with van der Waals surface area (Å²) in [5, 5.41) is 3.84. The summed E-state index contributed by atoms with van der Waals surface area (Å²) in [6, 6.07) is 0. The molecule has 0 radical (unpaired) electrons. The highest BCUT2D eigenvalue weighted by Gasteiger charge is 2.36. The molecular weight excluding hydrogens is 186 g/mol. The van der Waals surface area contributed by atoms with Gasteiger partial charge < -0.3 is 9.26 Å².